The maximum absolute atomic E-state index is 9.25. The van der Waals surface area contributed by atoms with Crippen molar-refractivity contribution in [3.05, 3.63) is 16.8 Å². The van der Waals surface area contributed by atoms with Crippen LogP contribution in [0.3, 0.4) is 0 Å². The van der Waals surface area contributed by atoms with Crippen molar-refractivity contribution >= 4 is 5.82 Å². The van der Waals surface area contributed by atoms with Crippen molar-refractivity contribution in [2.24, 2.45) is 5.92 Å². The normalized spacial score (nSPS) is 12.3. The van der Waals surface area contributed by atoms with E-state index in [2.05, 4.69) is 21.6 Å². The summed E-state index contributed by atoms with van der Waals surface area (Å²) in [7, 11) is 0. The van der Waals surface area contributed by atoms with E-state index in [-0.39, 0.29) is 18.6 Å². The lowest BCUT2D eigenvalue weighted by atomic mass is 10.0. The van der Waals surface area contributed by atoms with Gasteiger partial charge in [0.05, 0.1) is 18.3 Å². The second kappa shape index (κ2) is 5.60. The Morgan fingerprint density at radius 3 is 2.47 bits per heavy atom. The van der Waals surface area contributed by atoms with Gasteiger partial charge in [-0.15, -0.1) is 5.10 Å². The molecule has 1 unspecified atom stereocenters. The Labute approximate surface area is 101 Å². The number of nitrogens with zero attached hydrogens (tertiary/aromatic N) is 3. The molecule has 0 aromatic carbocycles. The van der Waals surface area contributed by atoms with Crippen molar-refractivity contribution in [1.82, 2.24) is 10.2 Å². The second-order valence-corrected chi connectivity index (χ2v) is 4.42. The number of nitrogens with one attached hydrogen (secondary N) is 1. The van der Waals surface area contributed by atoms with Crippen LogP contribution in [0.25, 0.3) is 0 Å². The highest BCUT2D eigenvalue weighted by molar-refractivity contribution is 5.56. The highest BCUT2D eigenvalue weighted by Crippen LogP contribution is 2.19. The van der Waals surface area contributed by atoms with E-state index in [9.17, 15) is 5.11 Å². The molecule has 0 radical (unpaired) electrons. The van der Waals surface area contributed by atoms with Gasteiger partial charge in [-0.2, -0.15) is 10.4 Å². The molecule has 0 saturated heterocycles. The van der Waals surface area contributed by atoms with Crippen molar-refractivity contribution in [1.29, 1.82) is 5.26 Å². The van der Waals surface area contributed by atoms with Crippen molar-refractivity contribution < 1.29 is 5.11 Å². The summed E-state index contributed by atoms with van der Waals surface area (Å²) in [5.41, 5.74) is 2.07. The molecule has 1 heterocycles. The summed E-state index contributed by atoms with van der Waals surface area (Å²) in [6.45, 7) is 7.65. The smallest absolute Gasteiger partial charge is 0.167 e. The molecule has 0 aliphatic rings. The summed E-state index contributed by atoms with van der Waals surface area (Å²) in [6.07, 6.45) is 0. The first kappa shape index (κ1) is 13.4. The Morgan fingerprint density at radius 1 is 1.35 bits per heavy atom. The third-order valence-corrected chi connectivity index (χ3v) is 2.89. The fourth-order valence-electron chi connectivity index (χ4n) is 1.45. The summed E-state index contributed by atoms with van der Waals surface area (Å²) < 4.78 is 0. The maximum atomic E-state index is 9.25. The average molecular weight is 234 g/mol. The molecule has 1 rings (SSSR count). The number of anilines is 1. The molecule has 2 N–H and O–H groups in total. The van der Waals surface area contributed by atoms with E-state index >= 15 is 0 Å². The fourth-order valence-corrected chi connectivity index (χ4v) is 1.45. The fraction of sp³-hybridized carbons (Fsp3) is 0.583. The molecule has 92 valence electrons. The lowest BCUT2D eigenvalue weighted by Crippen LogP contribution is -2.30. The van der Waals surface area contributed by atoms with Crippen LogP contribution < -0.4 is 5.32 Å². The van der Waals surface area contributed by atoms with Gasteiger partial charge in [0.1, 0.15) is 11.6 Å². The van der Waals surface area contributed by atoms with Gasteiger partial charge in [0.15, 0.2) is 5.82 Å². The maximum Gasteiger partial charge on any atom is 0.167 e. The average Bonchev–Trinajstić information content (AvgIpc) is 2.30. The SMILES string of the molecule is Cc1nnc(NC(CO)C(C)C)c(C#N)c1C. The number of hydrogen-bond donors (Lipinski definition) is 2. The van der Waals surface area contributed by atoms with E-state index < -0.39 is 0 Å². The molecular formula is C12H18N4O. The van der Waals surface area contributed by atoms with Crippen molar-refractivity contribution in [2.75, 3.05) is 11.9 Å². The molecule has 0 spiro atoms. The third kappa shape index (κ3) is 2.92. The van der Waals surface area contributed by atoms with Crippen LogP contribution in [0, 0.1) is 31.1 Å². The summed E-state index contributed by atoms with van der Waals surface area (Å²) in [6, 6.07) is 2.00. The minimum Gasteiger partial charge on any atom is -0.394 e. The van der Waals surface area contributed by atoms with Crippen LogP contribution in [0.5, 0.6) is 0 Å². The summed E-state index contributed by atoms with van der Waals surface area (Å²) in [4.78, 5) is 0. The largest absolute Gasteiger partial charge is 0.394 e. The Kier molecular flexibility index (Phi) is 4.41. The molecule has 5 heteroatoms. The molecule has 1 aromatic heterocycles. The Bertz CT molecular complexity index is 437. The number of aliphatic hydroxyl groups excluding tert-OH is 1. The molecule has 1 aromatic rings. The van der Waals surface area contributed by atoms with Gasteiger partial charge in [0.2, 0.25) is 0 Å². The standard InChI is InChI=1S/C12H18N4O/c1-7(2)11(6-17)14-12-10(5-13)8(3)9(4)15-16-12/h7,11,17H,6H2,1-4H3,(H,14,16). The molecular weight excluding hydrogens is 216 g/mol. The first-order chi connectivity index (χ1) is 8.01. The molecule has 0 aliphatic heterocycles. The van der Waals surface area contributed by atoms with Gasteiger partial charge in [-0.1, -0.05) is 13.8 Å². The molecule has 17 heavy (non-hydrogen) atoms. The topological polar surface area (TPSA) is 81.8 Å². The number of aliphatic hydroxyl groups is 1. The summed E-state index contributed by atoms with van der Waals surface area (Å²) >= 11 is 0. The van der Waals surface area contributed by atoms with Gasteiger partial charge >= 0.3 is 0 Å². The highest BCUT2D eigenvalue weighted by Gasteiger charge is 2.17. The van der Waals surface area contributed by atoms with E-state index in [1.807, 2.05) is 27.7 Å². The predicted molar refractivity (Wildman–Crippen MR) is 65.6 cm³/mol. The number of nitriles is 1. The Balaban J connectivity index is 3.07. The van der Waals surface area contributed by atoms with Crippen LogP contribution in [0.15, 0.2) is 0 Å². The molecule has 0 saturated carbocycles. The third-order valence-electron chi connectivity index (χ3n) is 2.89. The molecule has 0 aliphatic carbocycles. The molecule has 5 nitrogen and oxygen atoms in total. The van der Waals surface area contributed by atoms with E-state index in [1.165, 1.54) is 0 Å². The van der Waals surface area contributed by atoms with Gasteiger partial charge in [-0.25, -0.2) is 0 Å². The minimum atomic E-state index is -0.126. The first-order valence-corrected chi connectivity index (χ1v) is 5.62. The van der Waals surface area contributed by atoms with Gasteiger partial charge in [0.25, 0.3) is 0 Å². The lowest BCUT2D eigenvalue weighted by molar-refractivity contribution is 0.249. The molecule has 0 bridgehead atoms. The monoisotopic (exact) mass is 234 g/mol. The molecule has 0 amide bonds. The van der Waals surface area contributed by atoms with E-state index in [1.54, 1.807) is 0 Å². The van der Waals surface area contributed by atoms with Crippen molar-refractivity contribution in [3.63, 3.8) is 0 Å². The number of rotatable bonds is 4. The van der Waals surface area contributed by atoms with Gasteiger partial charge in [0, 0.05) is 0 Å². The van der Waals surface area contributed by atoms with E-state index in [4.69, 9.17) is 5.26 Å². The van der Waals surface area contributed by atoms with Crippen LogP contribution in [-0.4, -0.2) is 28.0 Å². The van der Waals surface area contributed by atoms with Crippen LogP contribution in [0.1, 0.15) is 30.7 Å². The Hall–Kier alpha value is -1.67. The molecule has 0 fully saturated rings. The quantitative estimate of drug-likeness (QED) is 0.822. The van der Waals surface area contributed by atoms with Gasteiger partial charge in [-0.3, -0.25) is 0 Å². The molecule has 1 atom stereocenters. The second-order valence-electron chi connectivity index (χ2n) is 4.42. The minimum absolute atomic E-state index is 0.00284. The van der Waals surface area contributed by atoms with E-state index in [0.29, 0.717) is 11.4 Å². The van der Waals surface area contributed by atoms with Crippen LogP contribution in [-0.2, 0) is 0 Å². The number of aromatic nitrogens is 2. The first-order valence-electron chi connectivity index (χ1n) is 5.62. The van der Waals surface area contributed by atoms with Crippen molar-refractivity contribution in [2.45, 2.75) is 33.7 Å². The number of hydrogen-bond acceptors (Lipinski definition) is 5. The predicted octanol–water partition coefficient (Wildman–Crippen LogP) is 1.39. The van der Waals surface area contributed by atoms with Gasteiger partial charge in [-0.05, 0) is 25.3 Å². The van der Waals surface area contributed by atoms with Gasteiger partial charge < -0.3 is 10.4 Å². The lowest BCUT2D eigenvalue weighted by Gasteiger charge is -2.21. The Morgan fingerprint density at radius 2 is 2.00 bits per heavy atom. The van der Waals surface area contributed by atoms with Crippen molar-refractivity contribution in [3.8, 4) is 6.07 Å². The summed E-state index contributed by atoms with van der Waals surface area (Å²) in [5.74, 6) is 0.693. The van der Waals surface area contributed by atoms with Crippen LogP contribution in [0.4, 0.5) is 5.82 Å². The summed E-state index contributed by atoms with van der Waals surface area (Å²) in [5, 5.41) is 29.4. The zero-order chi connectivity index (χ0) is 13.0. The van der Waals surface area contributed by atoms with Crippen LogP contribution >= 0.6 is 0 Å². The highest BCUT2D eigenvalue weighted by atomic mass is 16.3. The zero-order valence-electron chi connectivity index (χ0n) is 10.7. The number of aryl methyl sites for hydroxylation is 1. The zero-order valence-corrected chi connectivity index (χ0v) is 10.7. The van der Waals surface area contributed by atoms with Crippen LogP contribution in [0.2, 0.25) is 0 Å². The van der Waals surface area contributed by atoms with E-state index in [0.717, 1.165) is 11.3 Å².